The molecule has 1 saturated heterocycles. The van der Waals surface area contributed by atoms with E-state index in [-0.39, 0.29) is 5.56 Å². The molecule has 0 radical (unpaired) electrons. The molecule has 0 unspecified atom stereocenters. The molecule has 0 atom stereocenters. The first-order valence-electron chi connectivity index (χ1n) is 6.73. The number of benzene rings is 1. The van der Waals surface area contributed by atoms with E-state index in [4.69, 9.17) is 5.11 Å². The fourth-order valence-corrected chi connectivity index (χ4v) is 3.49. The van der Waals surface area contributed by atoms with Crippen LogP contribution in [-0.2, 0) is 6.54 Å². The van der Waals surface area contributed by atoms with Gasteiger partial charge in [-0.1, -0.05) is 6.07 Å². The zero-order valence-corrected chi connectivity index (χ0v) is 12.0. The van der Waals surface area contributed by atoms with E-state index in [1.807, 2.05) is 22.4 Å². The lowest BCUT2D eigenvalue weighted by molar-refractivity contribution is 0.0699. The van der Waals surface area contributed by atoms with E-state index < -0.39 is 5.97 Å². The fourth-order valence-electron chi connectivity index (χ4n) is 2.51. The Morgan fingerprint density at radius 3 is 2.85 bits per heavy atom. The first-order chi connectivity index (χ1) is 9.75. The normalized spacial score (nSPS) is 16.6. The summed E-state index contributed by atoms with van der Waals surface area (Å²) in [4.78, 5) is 17.9. The predicted molar refractivity (Wildman–Crippen MR) is 80.5 cm³/mol. The van der Waals surface area contributed by atoms with Gasteiger partial charge in [-0.25, -0.2) is 9.78 Å². The minimum atomic E-state index is -0.922. The molecule has 1 aromatic heterocycles. The molecule has 3 rings (SSSR count). The highest BCUT2D eigenvalue weighted by molar-refractivity contribution is 7.99. The molecule has 0 saturated carbocycles. The molecule has 0 amide bonds. The van der Waals surface area contributed by atoms with Gasteiger partial charge in [-0.2, -0.15) is 11.8 Å². The average molecular weight is 291 g/mol. The number of thioether (sulfide) groups is 1. The highest BCUT2D eigenvalue weighted by Crippen LogP contribution is 2.18. The van der Waals surface area contributed by atoms with E-state index in [0.717, 1.165) is 31.7 Å². The second-order valence-corrected chi connectivity index (χ2v) is 6.10. The molecule has 2 heterocycles. The van der Waals surface area contributed by atoms with Crippen molar-refractivity contribution < 1.29 is 9.90 Å². The van der Waals surface area contributed by atoms with Gasteiger partial charge in [0.1, 0.15) is 5.52 Å². The van der Waals surface area contributed by atoms with Crippen LogP contribution in [0.5, 0.6) is 0 Å². The second kappa shape index (κ2) is 5.85. The van der Waals surface area contributed by atoms with Gasteiger partial charge in [0.2, 0.25) is 0 Å². The number of para-hydroxylation sites is 1. The number of carboxylic acids is 1. The van der Waals surface area contributed by atoms with Gasteiger partial charge >= 0.3 is 5.97 Å². The Balaban J connectivity index is 1.78. The van der Waals surface area contributed by atoms with Crippen LogP contribution >= 0.6 is 11.8 Å². The molecule has 20 heavy (non-hydrogen) atoms. The quantitative estimate of drug-likeness (QED) is 0.930. The fraction of sp³-hybridized carbons (Fsp3) is 0.429. The number of rotatable bonds is 4. The zero-order chi connectivity index (χ0) is 13.9. The van der Waals surface area contributed by atoms with Crippen LogP contribution in [0.2, 0.25) is 0 Å². The molecule has 1 aromatic carbocycles. The summed E-state index contributed by atoms with van der Waals surface area (Å²) in [5, 5.41) is 9.17. The number of imidazole rings is 1. The second-order valence-electron chi connectivity index (χ2n) is 4.87. The number of nitrogens with zero attached hydrogens (tertiary/aromatic N) is 3. The molecule has 2 aromatic rings. The van der Waals surface area contributed by atoms with Gasteiger partial charge in [-0.15, -0.1) is 0 Å². The van der Waals surface area contributed by atoms with Crippen LogP contribution in [0.15, 0.2) is 24.5 Å². The number of aromatic nitrogens is 2. The van der Waals surface area contributed by atoms with Gasteiger partial charge in [0.15, 0.2) is 0 Å². The summed E-state index contributed by atoms with van der Waals surface area (Å²) in [6.07, 6.45) is 1.75. The monoisotopic (exact) mass is 291 g/mol. The van der Waals surface area contributed by atoms with Crippen LogP contribution in [0.25, 0.3) is 11.0 Å². The Labute approximate surface area is 121 Å². The van der Waals surface area contributed by atoms with Crippen molar-refractivity contribution in [2.75, 3.05) is 31.1 Å². The molecule has 0 aliphatic carbocycles. The Morgan fingerprint density at radius 1 is 1.30 bits per heavy atom. The van der Waals surface area contributed by atoms with Crippen molar-refractivity contribution >= 4 is 28.8 Å². The van der Waals surface area contributed by atoms with Crippen LogP contribution in [-0.4, -0.2) is 56.7 Å². The number of fused-ring (bicyclic) bond motifs is 1. The lowest BCUT2D eigenvalue weighted by atomic mass is 10.2. The third-order valence-corrected chi connectivity index (χ3v) is 4.58. The molecule has 106 valence electrons. The Hall–Kier alpha value is -1.53. The van der Waals surface area contributed by atoms with Crippen molar-refractivity contribution in [2.45, 2.75) is 6.54 Å². The van der Waals surface area contributed by atoms with Gasteiger partial charge in [-0.3, -0.25) is 4.90 Å². The van der Waals surface area contributed by atoms with Crippen molar-refractivity contribution in [1.29, 1.82) is 0 Å². The van der Waals surface area contributed by atoms with E-state index in [1.165, 1.54) is 11.5 Å². The van der Waals surface area contributed by atoms with Crippen LogP contribution in [0.1, 0.15) is 10.4 Å². The summed E-state index contributed by atoms with van der Waals surface area (Å²) >= 11 is 2.00. The molecule has 0 spiro atoms. The molecule has 0 bridgehead atoms. The van der Waals surface area contributed by atoms with Crippen LogP contribution in [0, 0.1) is 0 Å². The molecule has 1 aliphatic rings. The summed E-state index contributed by atoms with van der Waals surface area (Å²) in [7, 11) is 0. The molecule has 1 N–H and O–H groups in total. The Kier molecular flexibility index (Phi) is 3.93. The van der Waals surface area contributed by atoms with E-state index in [9.17, 15) is 4.79 Å². The average Bonchev–Trinajstić information content (AvgIpc) is 2.89. The molecular formula is C14H17N3O2S. The molecule has 1 aliphatic heterocycles. The molecule has 5 nitrogen and oxygen atoms in total. The van der Waals surface area contributed by atoms with Gasteiger partial charge in [-0.05, 0) is 12.1 Å². The Bertz CT molecular complexity index is 620. The zero-order valence-electron chi connectivity index (χ0n) is 11.2. The maximum absolute atomic E-state index is 11.2. The van der Waals surface area contributed by atoms with Crippen LogP contribution in [0.4, 0.5) is 0 Å². The van der Waals surface area contributed by atoms with E-state index in [2.05, 4.69) is 9.88 Å². The van der Waals surface area contributed by atoms with Crippen molar-refractivity contribution in [3.8, 4) is 0 Å². The standard InChI is InChI=1S/C14H17N3O2S/c18-14(19)11-2-1-3-12-13(11)15-10-17(12)5-4-16-6-8-20-9-7-16/h1-3,10H,4-9H2,(H,18,19). The van der Waals surface area contributed by atoms with Crippen molar-refractivity contribution in [3.05, 3.63) is 30.1 Å². The van der Waals surface area contributed by atoms with Crippen molar-refractivity contribution in [3.63, 3.8) is 0 Å². The van der Waals surface area contributed by atoms with Crippen molar-refractivity contribution in [1.82, 2.24) is 14.5 Å². The van der Waals surface area contributed by atoms with E-state index in [1.54, 1.807) is 18.5 Å². The molecule has 1 fully saturated rings. The summed E-state index contributed by atoms with van der Waals surface area (Å²) in [5.41, 5.74) is 1.75. The maximum Gasteiger partial charge on any atom is 0.337 e. The Morgan fingerprint density at radius 2 is 2.10 bits per heavy atom. The van der Waals surface area contributed by atoms with E-state index in [0.29, 0.717) is 5.52 Å². The van der Waals surface area contributed by atoms with Crippen LogP contribution < -0.4 is 0 Å². The first kappa shape index (κ1) is 13.5. The van der Waals surface area contributed by atoms with Gasteiger partial charge in [0, 0.05) is 37.7 Å². The van der Waals surface area contributed by atoms with Gasteiger partial charge in [0.25, 0.3) is 0 Å². The highest BCUT2D eigenvalue weighted by Gasteiger charge is 2.14. The SMILES string of the molecule is O=C(O)c1cccc2c1ncn2CCN1CCSCC1. The number of aromatic carboxylic acids is 1. The lowest BCUT2D eigenvalue weighted by Gasteiger charge is -2.26. The third-order valence-electron chi connectivity index (χ3n) is 3.64. The summed E-state index contributed by atoms with van der Waals surface area (Å²) in [6, 6.07) is 5.31. The van der Waals surface area contributed by atoms with Gasteiger partial charge in [0.05, 0.1) is 17.4 Å². The summed E-state index contributed by atoms with van der Waals surface area (Å²) in [5.74, 6) is 1.48. The minimum absolute atomic E-state index is 0.274. The predicted octanol–water partition coefficient (Wildman–Crippen LogP) is 1.78. The summed E-state index contributed by atoms with van der Waals surface area (Å²) < 4.78 is 2.05. The van der Waals surface area contributed by atoms with Crippen molar-refractivity contribution in [2.24, 2.45) is 0 Å². The van der Waals surface area contributed by atoms with Gasteiger partial charge < -0.3 is 9.67 Å². The van der Waals surface area contributed by atoms with E-state index >= 15 is 0 Å². The first-order valence-corrected chi connectivity index (χ1v) is 7.88. The molecule has 6 heteroatoms. The maximum atomic E-state index is 11.2. The topological polar surface area (TPSA) is 58.4 Å². The number of hydrogen-bond donors (Lipinski definition) is 1. The highest BCUT2D eigenvalue weighted by atomic mass is 32.2. The lowest BCUT2D eigenvalue weighted by Crippen LogP contribution is -2.34. The largest absolute Gasteiger partial charge is 0.478 e. The summed E-state index contributed by atoms with van der Waals surface area (Å²) in [6.45, 7) is 4.11. The number of hydrogen-bond acceptors (Lipinski definition) is 4. The number of carboxylic acid groups (broad SMARTS) is 1. The third kappa shape index (κ3) is 2.66. The molecular weight excluding hydrogens is 274 g/mol. The smallest absolute Gasteiger partial charge is 0.337 e. The number of carbonyl (C=O) groups is 1. The minimum Gasteiger partial charge on any atom is -0.478 e. The van der Waals surface area contributed by atoms with Crippen LogP contribution in [0.3, 0.4) is 0 Å².